The van der Waals surface area contributed by atoms with Gasteiger partial charge in [0.25, 0.3) is 0 Å². The third kappa shape index (κ3) is 4.09. The van der Waals surface area contributed by atoms with Gasteiger partial charge in [-0.2, -0.15) is 0 Å². The second-order valence-electron chi connectivity index (χ2n) is 5.40. The molecule has 0 atom stereocenters. The van der Waals surface area contributed by atoms with Gasteiger partial charge in [0.2, 0.25) is 0 Å². The van der Waals surface area contributed by atoms with Crippen LogP contribution in [0, 0.1) is 0 Å². The quantitative estimate of drug-likeness (QED) is 0.896. The fraction of sp³-hybridized carbons (Fsp3) is 0.286. The van der Waals surface area contributed by atoms with E-state index in [0.717, 1.165) is 4.90 Å². The molecule has 0 saturated carbocycles. The number of hydrogen-bond donors (Lipinski definition) is 1. The van der Waals surface area contributed by atoms with Crippen LogP contribution in [0.25, 0.3) is 5.57 Å². The molecule has 1 heterocycles. The molecular weight excluding hydrogens is 314 g/mol. The Morgan fingerprint density at radius 1 is 1.36 bits per heavy atom. The SMILES string of the molecule is [2H]/C(=C1\c2c([2H])c([2H])c([2H])c([2H])c2COc2c([2H])c([2H])c(CC(=O)O)c([2H])c21)C([2H])([2H])C([2H])([2H])N(C)C. The Morgan fingerprint density at radius 2 is 2.16 bits per heavy atom. The van der Waals surface area contributed by atoms with E-state index in [0.29, 0.717) is 0 Å². The first-order valence-electron chi connectivity index (χ1n) is 13.3. The Kier molecular flexibility index (Phi) is 2.33. The van der Waals surface area contributed by atoms with Crippen LogP contribution in [0.3, 0.4) is 0 Å². The molecule has 0 aliphatic carbocycles. The van der Waals surface area contributed by atoms with Gasteiger partial charge >= 0.3 is 5.97 Å². The van der Waals surface area contributed by atoms with E-state index >= 15 is 0 Å². The number of fused-ring (bicyclic) bond motifs is 2. The van der Waals surface area contributed by atoms with Gasteiger partial charge in [0.05, 0.1) is 17.4 Å². The average Bonchev–Trinajstić information content (AvgIpc) is 2.99. The van der Waals surface area contributed by atoms with Crippen molar-refractivity contribution >= 4 is 11.5 Å². The molecule has 0 aromatic heterocycles. The number of ether oxygens (including phenoxy) is 1. The molecule has 1 aliphatic rings. The number of hydrogen-bond acceptors (Lipinski definition) is 3. The van der Waals surface area contributed by atoms with Crippen LogP contribution in [0.5, 0.6) is 5.75 Å². The van der Waals surface area contributed by atoms with Crippen molar-refractivity contribution in [1.29, 1.82) is 0 Å². The largest absolute Gasteiger partial charge is 0.488 e. The first-order chi connectivity index (χ1) is 16.9. The second kappa shape index (κ2) is 7.53. The van der Waals surface area contributed by atoms with Gasteiger partial charge in [-0.05, 0) is 54.8 Å². The average molecular weight is 349 g/mol. The summed E-state index contributed by atoms with van der Waals surface area (Å²) >= 11 is 0. The summed E-state index contributed by atoms with van der Waals surface area (Å²) in [6.45, 7) is -3.43. The lowest BCUT2D eigenvalue weighted by molar-refractivity contribution is -0.136. The van der Waals surface area contributed by atoms with Gasteiger partial charge in [-0.3, -0.25) is 4.79 Å². The number of rotatable bonds is 5. The molecule has 25 heavy (non-hydrogen) atoms. The van der Waals surface area contributed by atoms with Crippen molar-refractivity contribution in [2.45, 2.75) is 19.4 Å². The molecule has 1 N–H and O–H groups in total. The van der Waals surface area contributed by atoms with Gasteiger partial charge in [-0.25, -0.2) is 0 Å². The van der Waals surface area contributed by atoms with Crippen LogP contribution in [0.1, 0.15) is 45.1 Å². The van der Waals surface area contributed by atoms with Gasteiger partial charge < -0.3 is 14.7 Å². The van der Waals surface area contributed by atoms with Crippen LogP contribution in [-0.4, -0.2) is 36.6 Å². The lowest BCUT2D eigenvalue weighted by Crippen LogP contribution is -2.12. The smallest absolute Gasteiger partial charge is 0.307 e. The minimum Gasteiger partial charge on any atom is -0.488 e. The van der Waals surface area contributed by atoms with Crippen molar-refractivity contribution in [3.05, 3.63) is 70.6 Å². The third-order valence-electron chi connectivity index (χ3n) is 3.25. The van der Waals surface area contributed by atoms with Crippen molar-refractivity contribution in [3.63, 3.8) is 0 Å². The minimum atomic E-state index is -3.15. The first-order valence-corrected chi connectivity index (χ1v) is 7.35. The molecule has 0 radical (unpaired) electrons. The molecule has 0 bridgehead atoms. The maximum absolute atomic E-state index is 11.5. The first kappa shape index (κ1) is 7.75. The monoisotopic (exact) mass is 349 g/mol. The van der Waals surface area contributed by atoms with E-state index in [1.54, 1.807) is 0 Å². The highest BCUT2D eigenvalue weighted by Gasteiger charge is 2.19. The molecule has 4 nitrogen and oxygen atoms in total. The second-order valence-corrected chi connectivity index (χ2v) is 5.40. The van der Waals surface area contributed by atoms with Crippen LogP contribution in [0.4, 0.5) is 0 Å². The van der Waals surface area contributed by atoms with Crippen LogP contribution in [0.15, 0.2) is 48.3 Å². The Morgan fingerprint density at radius 3 is 2.92 bits per heavy atom. The van der Waals surface area contributed by atoms with E-state index in [2.05, 4.69) is 0 Å². The van der Waals surface area contributed by atoms with E-state index in [1.807, 2.05) is 0 Å². The fourth-order valence-electron chi connectivity index (χ4n) is 2.21. The number of carboxylic acids is 1. The summed E-state index contributed by atoms with van der Waals surface area (Å²) in [5.41, 5.74) is -2.28. The van der Waals surface area contributed by atoms with E-state index in [4.69, 9.17) is 21.2 Å². The van der Waals surface area contributed by atoms with Gasteiger partial charge in [0.1, 0.15) is 12.4 Å². The van der Waals surface area contributed by atoms with Crippen LogP contribution < -0.4 is 4.74 Å². The number of nitrogens with zero attached hydrogens (tertiary/aromatic N) is 1. The molecule has 4 heteroatoms. The predicted octanol–water partition coefficient (Wildman–Crippen LogP) is 3.59. The fourth-order valence-corrected chi connectivity index (χ4v) is 2.21. The Hall–Kier alpha value is -2.59. The number of benzene rings is 2. The normalized spacial score (nSPS) is 23.0. The minimum absolute atomic E-state index is 0.228. The molecular formula is C21H23NO3. The maximum atomic E-state index is 11.5. The summed E-state index contributed by atoms with van der Waals surface area (Å²) in [6.07, 6.45) is -4.02. The van der Waals surface area contributed by atoms with Crippen molar-refractivity contribution in [2.75, 3.05) is 20.6 Å². The number of aliphatic carboxylic acids is 1. The standard InChI is InChI=1S/C21H23NO3/c1-22(2)11-5-8-18-17-7-4-3-6-16(17)14-25-20-10-9-15(12-19(18)20)13-21(23)24/h3-4,6-10,12H,5,11,13-14H2,1-2H3,(H,23,24)/b18-8-/i3D,4D,5D2,6D,7D,8D,9D,10D,11D2,12D. The molecule has 0 fully saturated rings. The van der Waals surface area contributed by atoms with Gasteiger partial charge in [0, 0.05) is 17.5 Å². The highest BCUT2D eigenvalue weighted by atomic mass is 16.5. The molecule has 0 unspecified atom stereocenters. The maximum Gasteiger partial charge on any atom is 0.307 e. The van der Waals surface area contributed by atoms with Gasteiger partial charge in [0.15, 0.2) is 0 Å². The molecule has 0 spiro atoms. The topological polar surface area (TPSA) is 49.8 Å². The molecule has 1 aliphatic heterocycles. The van der Waals surface area contributed by atoms with E-state index in [-0.39, 0.29) is 5.56 Å². The third-order valence-corrected chi connectivity index (χ3v) is 3.25. The Bertz CT molecular complexity index is 1350. The van der Waals surface area contributed by atoms with E-state index in [1.165, 1.54) is 14.1 Å². The summed E-state index contributed by atoms with van der Waals surface area (Å²) in [5, 5.41) is 9.32. The number of carboxylic acid groups (broad SMARTS) is 1. The lowest BCUT2D eigenvalue weighted by atomic mass is 9.92. The van der Waals surface area contributed by atoms with Crippen LogP contribution in [0.2, 0.25) is 0 Å². The summed E-state index contributed by atoms with van der Waals surface area (Å²) in [5.74, 6) is -1.95. The molecule has 2 aromatic rings. The zero-order chi connectivity index (χ0) is 28.4. The summed E-state index contributed by atoms with van der Waals surface area (Å²) < 4.78 is 106. The van der Waals surface area contributed by atoms with Crippen molar-refractivity contribution in [2.24, 2.45) is 0 Å². The van der Waals surface area contributed by atoms with E-state index < -0.39 is 108 Å². The molecule has 0 saturated heterocycles. The van der Waals surface area contributed by atoms with Crippen molar-refractivity contribution < 1.29 is 31.1 Å². The highest BCUT2D eigenvalue weighted by Crippen LogP contribution is 2.37. The zero-order valence-corrected chi connectivity index (χ0v) is 13.6. The summed E-state index contributed by atoms with van der Waals surface area (Å²) in [4.78, 5) is 12.3. The van der Waals surface area contributed by atoms with Gasteiger partial charge in [-0.1, -0.05) is 36.3 Å². The Balaban J connectivity index is 2.66. The molecule has 3 rings (SSSR count). The predicted molar refractivity (Wildman–Crippen MR) is 98.8 cm³/mol. The Labute approximate surface area is 165 Å². The van der Waals surface area contributed by atoms with Crippen LogP contribution >= 0.6 is 0 Å². The summed E-state index contributed by atoms with van der Waals surface area (Å²) in [7, 11) is 2.46. The lowest BCUT2D eigenvalue weighted by Gasteiger charge is -2.13. The molecule has 130 valence electrons. The summed E-state index contributed by atoms with van der Waals surface area (Å²) in [6, 6.07) is -5.86. The van der Waals surface area contributed by atoms with E-state index in [9.17, 15) is 9.90 Å². The van der Waals surface area contributed by atoms with Crippen LogP contribution in [-0.2, 0) is 17.8 Å². The van der Waals surface area contributed by atoms with Crippen molar-refractivity contribution in [1.82, 2.24) is 4.90 Å². The molecule has 2 aromatic carbocycles. The zero-order valence-electron chi connectivity index (χ0n) is 25.6. The van der Waals surface area contributed by atoms with Crippen molar-refractivity contribution in [3.8, 4) is 5.75 Å². The van der Waals surface area contributed by atoms with Gasteiger partial charge in [-0.15, -0.1) is 0 Å². The highest BCUT2D eigenvalue weighted by molar-refractivity contribution is 5.85. The number of carbonyl (C=O) groups is 1. The molecule has 0 amide bonds.